The Morgan fingerprint density at radius 2 is 1.96 bits per heavy atom. The van der Waals surface area contributed by atoms with Crippen molar-refractivity contribution < 1.29 is 4.74 Å². The maximum absolute atomic E-state index is 5.97. The number of ether oxygens (including phenoxy) is 1. The van der Waals surface area contributed by atoms with Gasteiger partial charge in [-0.05, 0) is 68.7 Å². The highest BCUT2D eigenvalue weighted by atomic mass is 32.1. The minimum Gasteiger partial charge on any atom is -0.494 e. The van der Waals surface area contributed by atoms with Crippen molar-refractivity contribution in [3.05, 3.63) is 48.3 Å². The molecule has 0 N–H and O–H groups in total. The predicted octanol–water partition coefficient (Wildman–Crippen LogP) is 5.24. The molecule has 4 aromatic rings. The molecule has 4 heteroatoms. The number of hydrogen-bond donors (Lipinski definition) is 0. The zero-order valence-corrected chi connectivity index (χ0v) is 15.7. The molecular formula is C21H22N2OS. The summed E-state index contributed by atoms with van der Waals surface area (Å²) in [7, 11) is 4.18. The summed E-state index contributed by atoms with van der Waals surface area (Å²) in [5.74, 6) is 0.954. The second kappa shape index (κ2) is 6.62. The third-order valence-electron chi connectivity index (χ3n) is 4.61. The fourth-order valence-electron chi connectivity index (χ4n) is 3.32. The van der Waals surface area contributed by atoms with Crippen LogP contribution in [0.5, 0.6) is 5.75 Å². The maximum atomic E-state index is 5.97. The molecule has 0 aliphatic carbocycles. The van der Waals surface area contributed by atoms with Crippen LogP contribution in [-0.4, -0.2) is 37.1 Å². The summed E-state index contributed by atoms with van der Waals surface area (Å²) in [5, 5.41) is 5.06. The van der Waals surface area contributed by atoms with Crippen molar-refractivity contribution in [3.8, 4) is 5.75 Å². The minimum atomic E-state index is 0.748. The Hall–Kier alpha value is -2.17. The standard InChI is InChI=1S/C21H22N2OS/c1-14-17-7-8-22-13-15(17)11-19-18-12-16(24-10-4-9-23(2)3)5-6-20(18)25-21(14)19/h5-8,11-13H,4,9-10H2,1-3H3. The van der Waals surface area contributed by atoms with Gasteiger partial charge >= 0.3 is 0 Å². The Kier molecular flexibility index (Phi) is 4.32. The average Bonchev–Trinajstić information content (AvgIpc) is 2.97. The van der Waals surface area contributed by atoms with E-state index in [4.69, 9.17) is 4.74 Å². The summed E-state index contributed by atoms with van der Waals surface area (Å²) in [5.41, 5.74) is 1.34. The minimum absolute atomic E-state index is 0.748. The van der Waals surface area contributed by atoms with Crippen LogP contribution in [0.3, 0.4) is 0 Å². The second-order valence-corrected chi connectivity index (χ2v) is 7.79. The van der Waals surface area contributed by atoms with E-state index in [1.165, 1.54) is 36.5 Å². The van der Waals surface area contributed by atoms with E-state index in [0.717, 1.165) is 25.3 Å². The summed E-state index contributed by atoms with van der Waals surface area (Å²) < 4.78 is 8.63. The lowest BCUT2D eigenvalue weighted by Gasteiger charge is -2.10. The van der Waals surface area contributed by atoms with E-state index in [0.29, 0.717) is 0 Å². The molecule has 25 heavy (non-hydrogen) atoms. The fraction of sp³-hybridized carbons (Fsp3) is 0.286. The molecular weight excluding hydrogens is 328 g/mol. The smallest absolute Gasteiger partial charge is 0.120 e. The van der Waals surface area contributed by atoms with Crippen LogP contribution in [0.15, 0.2) is 42.7 Å². The molecule has 0 radical (unpaired) electrons. The van der Waals surface area contributed by atoms with Crippen LogP contribution >= 0.6 is 11.3 Å². The maximum Gasteiger partial charge on any atom is 0.120 e. The largest absolute Gasteiger partial charge is 0.494 e. The van der Waals surface area contributed by atoms with Crippen molar-refractivity contribution in [2.75, 3.05) is 27.2 Å². The lowest BCUT2D eigenvalue weighted by molar-refractivity contribution is 0.282. The molecule has 0 aliphatic rings. The molecule has 0 bridgehead atoms. The van der Waals surface area contributed by atoms with Crippen molar-refractivity contribution in [2.24, 2.45) is 0 Å². The van der Waals surface area contributed by atoms with E-state index in [-0.39, 0.29) is 0 Å². The molecule has 0 amide bonds. The summed E-state index contributed by atoms with van der Waals surface area (Å²) in [6, 6.07) is 10.8. The van der Waals surface area contributed by atoms with Crippen molar-refractivity contribution in [3.63, 3.8) is 0 Å². The van der Waals surface area contributed by atoms with E-state index >= 15 is 0 Å². The fourth-order valence-corrected chi connectivity index (χ4v) is 4.50. The van der Waals surface area contributed by atoms with Gasteiger partial charge in [-0.2, -0.15) is 0 Å². The quantitative estimate of drug-likeness (QED) is 0.460. The van der Waals surface area contributed by atoms with Gasteiger partial charge in [-0.1, -0.05) is 0 Å². The Morgan fingerprint density at radius 1 is 1.08 bits per heavy atom. The number of pyridine rings is 1. The number of nitrogens with zero attached hydrogens (tertiary/aromatic N) is 2. The molecule has 0 spiro atoms. The van der Waals surface area contributed by atoms with Gasteiger partial charge in [0, 0.05) is 44.5 Å². The van der Waals surface area contributed by atoms with Crippen LogP contribution < -0.4 is 4.74 Å². The van der Waals surface area contributed by atoms with Crippen LogP contribution in [0, 0.1) is 6.92 Å². The highest BCUT2D eigenvalue weighted by Crippen LogP contribution is 2.40. The van der Waals surface area contributed by atoms with E-state index in [2.05, 4.69) is 61.2 Å². The first-order valence-corrected chi connectivity index (χ1v) is 9.42. The third kappa shape index (κ3) is 3.08. The summed E-state index contributed by atoms with van der Waals surface area (Å²) in [4.78, 5) is 6.46. The van der Waals surface area contributed by atoms with Gasteiger partial charge in [0.25, 0.3) is 0 Å². The molecule has 0 atom stereocenters. The van der Waals surface area contributed by atoms with Crippen molar-refractivity contribution in [1.29, 1.82) is 0 Å². The molecule has 128 valence electrons. The molecule has 0 aliphatic heterocycles. The molecule has 2 aromatic heterocycles. The van der Waals surface area contributed by atoms with Crippen LogP contribution in [0.2, 0.25) is 0 Å². The van der Waals surface area contributed by atoms with Gasteiger partial charge in [0.1, 0.15) is 5.75 Å². The highest BCUT2D eigenvalue weighted by Gasteiger charge is 2.11. The van der Waals surface area contributed by atoms with E-state index in [9.17, 15) is 0 Å². The molecule has 0 fully saturated rings. The Bertz CT molecular complexity index is 1050. The summed E-state index contributed by atoms with van der Waals surface area (Å²) >= 11 is 1.86. The molecule has 2 aromatic carbocycles. The van der Waals surface area contributed by atoms with Gasteiger partial charge in [0.15, 0.2) is 0 Å². The first-order chi connectivity index (χ1) is 12.1. The topological polar surface area (TPSA) is 25.4 Å². The van der Waals surface area contributed by atoms with Gasteiger partial charge in [0.2, 0.25) is 0 Å². The zero-order valence-electron chi connectivity index (χ0n) is 14.9. The van der Waals surface area contributed by atoms with Crippen molar-refractivity contribution >= 4 is 42.3 Å². The normalized spacial score (nSPS) is 11.8. The molecule has 3 nitrogen and oxygen atoms in total. The lowest BCUT2D eigenvalue weighted by Crippen LogP contribution is -2.15. The molecule has 2 heterocycles. The lowest BCUT2D eigenvalue weighted by atomic mass is 10.0. The van der Waals surface area contributed by atoms with E-state index in [1.54, 1.807) is 0 Å². The van der Waals surface area contributed by atoms with E-state index in [1.807, 2.05) is 23.7 Å². The number of rotatable bonds is 5. The van der Waals surface area contributed by atoms with Gasteiger partial charge in [0.05, 0.1) is 6.61 Å². The number of thiophene rings is 1. The summed E-state index contributed by atoms with van der Waals surface area (Å²) in [6.45, 7) is 4.00. The molecule has 4 rings (SSSR count). The van der Waals surface area contributed by atoms with Gasteiger partial charge in [-0.3, -0.25) is 4.98 Å². The monoisotopic (exact) mass is 350 g/mol. The molecule has 0 saturated heterocycles. The van der Waals surface area contributed by atoms with Crippen LogP contribution in [0.25, 0.3) is 30.9 Å². The van der Waals surface area contributed by atoms with Crippen LogP contribution in [-0.2, 0) is 0 Å². The zero-order chi connectivity index (χ0) is 17.4. The Morgan fingerprint density at radius 3 is 2.80 bits per heavy atom. The van der Waals surface area contributed by atoms with Crippen molar-refractivity contribution in [2.45, 2.75) is 13.3 Å². The average molecular weight is 350 g/mol. The molecule has 0 unspecified atom stereocenters. The number of aromatic nitrogens is 1. The van der Waals surface area contributed by atoms with Crippen molar-refractivity contribution in [1.82, 2.24) is 9.88 Å². The SMILES string of the molecule is Cc1c2ccncc2cc2c1sc1ccc(OCCCN(C)C)cc12. The number of fused-ring (bicyclic) bond motifs is 4. The first kappa shape index (κ1) is 16.3. The molecule has 0 saturated carbocycles. The van der Waals surface area contributed by atoms with Gasteiger partial charge in [-0.15, -0.1) is 11.3 Å². The number of benzene rings is 2. The van der Waals surface area contributed by atoms with Gasteiger partial charge < -0.3 is 9.64 Å². The Labute approximate surface area is 151 Å². The third-order valence-corrected chi connectivity index (χ3v) is 5.92. The number of aryl methyl sites for hydroxylation is 1. The highest BCUT2D eigenvalue weighted by molar-refractivity contribution is 7.26. The first-order valence-electron chi connectivity index (χ1n) is 8.60. The predicted molar refractivity (Wildman–Crippen MR) is 108 cm³/mol. The van der Waals surface area contributed by atoms with Crippen LogP contribution in [0.4, 0.5) is 0 Å². The Balaban J connectivity index is 1.75. The van der Waals surface area contributed by atoms with Gasteiger partial charge in [-0.25, -0.2) is 0 Å². The number of hydrogen-bond acceptors (Lipinski definition) is 4. The van der Waals surface area contributed by atoms with Crippen LogP contribution in [0.1, 0.15) is 12.0 Å². The second-order valence-electron chi connectivity index (χ2n) is 6.74. The summed E-state index contributed by atoms with van der Waals surface area (Å²) in [6.07, 6.45) is 4.85. The van der Waals surface area contributed by atoms with E-state index < -0.39 is 0 Å².